The summed E-state index contributed by atoms with van der Waals surface area (Å²) < 4.78 is 1.98. The molecule has 1 saturated heterocycles. The monoisotopic (exact) mass is 434 g/mol. The van der Waals surface area contributed by atoms with E-state index >= 15 is 0 Å². The van der Waals surface area contributed by atoms with E-state index in [9.17, 15) is 19.7 Å². The van der Waals surface area contributed by atoms with Crippen LogP contribution in [0.1, 0.15) is 11.1 Å². The van der Waals surface area contributed by atoms with E-state index in [-0.39, 0.29) is 16.4 Å². The first-order valence-electron chi connectivity index (χ1n) is 9.41. The molecule has 0 aliphatic carbocycles. The fraction of sp³-hybridized carbons (Fsp3) is 0.136. The van der Waals surface area contributed by atoms with Crippen molar-refractivity contribution >= 4 is 51.8 Å². The first-order chi connectivity index (χ1) is 14.8. The molecule has 0 atom stereocenters. The van der Waals surface area contributed by atoms with Crippen molar-refractivity contribution in [1.29, 1.82) is 0 Å². The molecule has 0 saturated carbocycles. The SMILES string of the molecule is CN1C(=O)C(=Cc2cn(Cc3ccc([N+](=O)[O-])cc3)c3ccccc23)C(=O)N(C)C1=S. The van der Waals surface area contributed by atoms with Gasteiger partial charge in [-0.1, -0.05) is 30.3 Å². The van der Waals surface area contributed by atoms with Crippen LogP contribution in [0.2, 0.25) is 0 Å². The fourth-order valence-corrected chi connectivity index (χ4v) is 3.74. The van der Waals surface area contributed by atoms with Gasteiger partial charge in [-0.15, -0.1) is 0 Å². The zero-order valence-electron chi connectivity index (χ0n) is 16.8. The average molecular weight is 434 g/mol. The third-order valence-corrected chi connectivity index (χ3v) is 5.81. The summed E-state index contributed by atoms with van der Waals surface area (Å²) in [7, 11) is 3.08. The number of thiocarbonyl (C=S) groups is 1. The molecule has 3 aromatic rings. The lowest BCUT2D eigenvalue weighted by Gasteiger charge is -2.31. The highest BCUT2D eigenvalue weighted by atomic mass is 32.1. The molecule has 1 aliphatic rings. The minimum Gasteiger partial charge on any atom is -0.342 e. The molecular weight excluding hydrogens is 416 g/mol. The molecule has 156 valence electrons. The maximum absolute atomic E-state index is 12.7. The minimum absolute atomic E-state index is 0.0343. The second kappa shape index (κ2) is 7.77. The number of amides is 2. The molecular formula is C22H18N4O4S. The summed E-state index contributed by atoms with van der Waals surface area (Å²) in [4.78, 5) is 38.4. The molecule has 1 aromatic heterocycles. The van der Waals surface area contributed by atoms with Crippen molar-refractivity contribution in [2.75, 3.05) is 14.1 Å². The van der Waals surface area contributed by atoms with Gasteiger partial charge in [-0.2, -0.15) is 0 Å². The number of hydrogen-bond acceptors (Lipinski definition) is 5. The Balaban J connectivity index is 1.76. The van der Waals surface area contributed by atoms with Gasteiger partial charge in [0.2, 0.25) is 0 Å². The number of nitrogens with zero attached hydrogens (tertiary/aromatic N) is 4. The van der Waals surface area contributed by atoms with E-state index in [4.69, 9.17) is 12.2 Å². The van der Waals surface area contributed by atoms with Crippen LogP contribution in [0.4, 0.5) is 5.69 Å². The quantitative estimate of drug-likeness (QED) is 0.207. The maximum Gasteiger partial charge on any atom is 0.269 e. The summed E-state index contributed by atoms with van der Waals surface area (Å²) in [6, 6.07) is 14.0. The summed E-state index contributed by atoms with van der Waals surface area (Å²) in [5, 5.41) is 11.9. The number of nitro benzene ring substituents is 1. The minimum atomic E-state index is -0.444. The molecule has 31 heavy (non-hydrogen) atoms. The molecule has 0 N–H and O–H groups in total. The fourth-order valence-electron chi connectivity index (χ4n) is 3.57. The number of carbonyl (C=O) groups excluding carboxylic acids is 2. The first-order valence-corrected chi connectivity index (χ1v) is 9.81. The van der Waals surface area contributed by atoms with Crippen LogP contribution in [0.25, 0.3) is 17.0 Å². The molecule has 4 rings (SSSR count). The number of likely N-dealkylation sites (N-methyl/N-ethyl adjacent to an activating group) is 2. The Morgan fingerprint density at radius 1 is 1.00 bits per heavy atom. The van der Waals surface area contributed by atoms with Crippen LogP contribution in [0.5, 0.6) is 0 Å². The lowest BCUT2D eigenvalue weighted by atomic mass is 10.1. The van der Waals surface area contributed by atoms with Gasteiger partial charge in [0, 0.05) is 55.4 Å². The van der Waals surface area contributed by atoms with Gasteiger partial charge in [-0.25, -0.2) is 0 Å². The lowest BCUT2D eigenvalue weighted by molar-refractivity contribution is -0.384. The zero-order valence-corrected chi connectivity index (χ0v) is 17.6. The number of carbonyl (C=O) groups is 2. The molecule has 0 bridgehead atoms. The van der Waals surface area contributed by atoms with Crippen LogP contribution in [-0.4, -0.2) is 50.3 Å². The van der Waals surface area contributed by atoms with Gasteiger partial charge < -0.3 is 4.57 Å². The van der Waals surface area contributed by atoms with E-state index in [1.807, 2.05) is 35.0 Å². The van der Waals surface area contributed by atoms with E-state index in [1.165, 1.54) is 21.9 Å². The second-order valence-corrected chi connectivity index (χ2v) is 7.59. The first kappa shape index (κ1) is 20.4. The molecule has 2 aromatic carbocycles. The van der Waals surface area contributed by atoms with Crippen molar-refractivity contribution in [3.05, 3.63) is 81.5 Å². The van der Waals surface area contributed by atoms with Gasteiger partial charge in [-0.3, -0.25) is 29.5 Å². The number of fused-ring (bicyclic) bond motifs is 1. The number of hydrogen-bond donors (Lipinski definition) is 0. The van der Waals surface area contributed by atoms with E-state index in [0.717, 1.165) is 22.0 Å². The summed E-state index contributed by atoms with van der Waals surface area (Å²) >= 11 is 5.14. The van der Waals surface area contributed by atoms with Crippen LogP contribution in [-0.2, 0) is 16.1 Å². The van der Waals surface area contributed by atoms with Gasteiger partial charge in [0.1, 0.15) is 5.57 Å². The zero-order chi connectivity index (χ0) is 22.3. The molecule has 2 heterocycles. The number of non-ortho nitro benzene ring substituents is 1. The normalized spacial score (nSPS) is 14.5. The average Bonchev–Trinajstić information content (AvgIpc) is 3.11. The maximum atomic E-state index is 12.7. The predicted octanol–water partition coefficient (Wildman–Crippen LogP) is 3.20. The van der Waals surface area contributed by atoms with Crippen molar-refractivity contribution in [3.8, 4) is 0 Å². The Hall–Kier alpha value is -3.85. The standard InChI is InChI=1S/C22H18N4O4S/c1-23-20(27)18(21(28)24(2)22(23)31)11-15-13-25(19-6-4-3-5-17(15)19)12-14-7-9-16(10-8-14)26(29)30/h3-11,13H,12H2,1-2H3. The molecule has 1 fully saturated rings. The molecule has 0 radical (unpaired) electrons. The Morgan fingerprint density at radius 2 is 1.61 bits per heavy atom. The number of rotatable bonds is 4. The van der Waals surface area contributed by atoms with E-state index in [1.54, 1.807) is 32.3 Å². The molecule has 9 heteroatoms. The Bertz CT molecular complexity index is 1250. The summed E-state index contributed by atoms with van der Waals surface area (Å²) in [6.45, 7) is 0.480. The van der Waals surface area contributed by atoms with Crippen LogP contribution in [0.3, 0.4) is 0 Å². The molecule has 2 amide bonds. The van der Waals surface area contributed by atoms with Crippen molar-refractivity contribution in [1.82, 2.24) is 14.4 Å². The Morgan fingerprint density at radius 3 is 2.23 bits per heavy atom. The topological polar surface area (TPSA) is 88.7 Å². The van der Waals surface area contributed by atoms with Crippen molar-refractivity contribution < 1.29 is 14.5 Å². The summed E-state index contributed by atoms with van der Waals surface area (Å²) in [5.74, 6) is -0.888. The van der Waals surface area contributed by atoms with Gasteiger partial charge in [0.05, 0.1) is 4.92 Å². The predicted molar refractivity (Wildman–Crippen MR) is 120 cm³/mol. The van der Waals surface area contributed by atoms with Crippen LogP contribution in [0.15, 0.2) is 60.3 Å². The largest absolute Gasteiger partial charge is 0.342 e. The smallest absolute Gasteiger partial charge is 0.269 e. The molecule has 8 nitrogen and oxygen atoms in total. The van der Waals surface area contributed by atoms with Crippen molar-refractivity contribution in [2.24, 2.45) is 0 Å². The summed E-state index contributed by atoms with van der Waals surface area (Å²) in [5.41, 5.74) is 2.61. The number of nitro groups is 1. The third kappa shape index (κ3) is 3.59. The van der Waals surface area contributed by atoms with Crippen molar-refractivity contribution in [3.63, 3.8) is 0 Å². The Labute approximate surface area is 183 Å². The van der Waals surface area contributed by atoms with E-state index in [2.05, 4.69) is 0 Å². The van der Waals surface area contributed by atoms with E-state index in [0.29, 0.717) is 6.54 Å². The number of para-hydroxylation sites is 1. The van der Waals surface area contributed by atoms with Crippen molar-refractivity contribution in [2.45, 2.75) is 6.54 Å². The highest BCUT2D eigenvalue weighted by molar-refractivity contribution is 7.80. The van der Waals surface area contributed by atoms with Gasteiger partial charge in [0.15, 0.2) is 5.11 Å². The lowest BCUT2D eigenvalue weighted by Crippen LogP contribution is -2.52. The molecule has 0 spiro atoms. The van der Waals surface area contributed by atoms with Gasteiger partial charge in [0.25, 0.3) is 17.5 Å². The molecule has 0 unspecified atom stereocenters. The van der Waals surface area contributed by atoms with Gasteiger partial charge >= 0.3 is 0 Å². The van der Waals surface area contributed by atoms with Gasteiger partial charge in [-0.05, 0) is 29.9 Å². The Kier molecular flexibility index (Phi) is 5.12. The van der Waals surface area contributed by atoms with Crippen LogP contribution in [0, 0.1) is 10.1 Å². The number of benzene rings is 2. The van der Waals surface area contributed by atoms with Crippen LogP contribution < -0.4 is 0 Å². The van der Waals surface area contributed by atoms with Crippen LogP contribution >= 0.6 is 12.2 Å². The summed E-state index contributed by atoms with van der Waals surface area (Å²) in [6.07, 6.45) is 3.46. The molecule has 1 aliphatic heterocycles. The highest BCUT2D eigenvalue weighted by Gasteiger charge is 2.35. The number of aromatic nitrogens is 1. The third-order valence-electron chi connectivity index (χ3n) is 5.26. The highest BCUT2D eigenvalue weighted by Crippen LogP contribution is 2.27. The van der Waals surface area contributed by atoms with E-state index < -0.39 is 16.7 Å². The second-order valence-electron chi connectivity index (χ2n) is 7.22.